The molecule has 1 aliphatic rings. The smallest absolute Gasteiger partial charge is 0.191 e. The molecule has 1 atom stereocenters. The van der Waals surface area contributed by atoms with Crippen LogP contribution in [0.25, 0.3) is 0 Å². The molecule has 0 radical (unpaired) electrons. The number of aliphatic imine (C=N–C) groups is 1. The molecule has 1 unspecified atom stereocenters. The number of hydrogen-bond acceptors (Lipinski definition) is 3. The molecule has 6 heteroatoms. The van der Waals surface area contributed by atoms with E-state index >= 15 is 0 Å². The topological polar surface area (TPSA) is 45.7 Å². The summed E-state index contributed by atoms with van der Waals surface area (Å²) in [5.74, 6) is 3.15. The van der Waals surface area contributed by atoms with Crippen molar-refractivity contribution in [2.75, 3.05) is 33.0 Å². The van der Waals surface area contributed by atoms with Gasteiger partial charge in [-0.2, -0.15) is 11.8 Å². The van der Waals surface area contributed by atoms with Crippen LogP contribution in [0, 0.1) is 6.92 Å². The van der Waals surface area contributed by atoms with Gasteiger partial charge in [-0.3, -0.25) is 4.99 Å². The van der Waals surface area contributed by atoms with Crippen LogP contribution >= 0.6 is 35.7 Å². The third-order valence-electron chi connectivity index (χ3n) is 3.92. The largest absolute Gasteiger partial charge is 0.496 e. The van der Waals surface area contributed by atoms with Gasteiger partial charge in [0.2, 0.25) is 0 Å². The Labute approximate surface area is 161 Å². The highest BCUT2D eigenvalue weighted by Gasteiger charge is 2.15. The van der Waals surface area contributed by atoms with Crippen LogP contribution in [0.15, 0.2) is 23.2 Å². The summed E-state index contributed by atoms with van der Waals surface area (Å²) in [7, 11) is 3.54. The minimum atomic E-state index is 0. The number of nitrogens with zero attached hydrogens (tertiary/aromatic N) is 1. The van der Waals surface area contributed by atoms with Gasteiger partial charge in [0.05, 0.1) is 7.11 Å². The number of ether oxygens (including phenoxy) is 1. The second-order valence-corrected chi connectivity index (χ2v) is 6.98. The molecule has 0 amide bonds. The Morgan fingerprint density at radius 2 is 2.22 bits per heavy atom. The molecule has 1 fully saturated rings. The lowest BCUT2D eigenvalue weighted by Crippen LogP contribution is -2.40. The number of hydrogen-bond donors (Lipinski definition) is 2. The normalized spacial score (nSPS) is 17.5. The van der Waals surface area contributed by atoms with Crippen molar-refractivity contribution in [2.24, 2.45) is 4.99 Å². The van der Waals surface area contributed by atoms with Gasteiger partial charge in [-0.15, -0.1) is 24.0 Å². The minimum absolute atomic E-state index is 0. The van der Waals surface area contributed by atoms with E-state index in [-0.39, 0.29) is 24.0 Å². The van der Waals surface area contributed by atoms with E-state index in [1.54, 1.807) is 7.11 Å². The van der Waals surface area contributed by atoms with Crippen LogP contribution < -0.4 is 15.4 Å². The highest BCUT2D eigenvalue weighted by molar-refractivity contribution is 14.0. The van der Waals surface area contributed by atoms with Crippen molar-refractivity contribution in [3.05, 3.63) is 29.3 Å². The van der Waals surface area contributed by atoms with Gasteiger partial charge in [0.15, 0.2) is 5.96 Å². The third kappa shape index (κ3) is 6.79. The quantitative estimate of drug-likeness (QED) is 0.398. The summed E-state index contributed by atoms with van der Waals surface area (Å²) in [5.41, 5.74) is 2.45. The van der Waals surface area contributed by atoms with E-state index in [1.165, 1.54) is 29.7 Å². The molecular formula is C17H28IN3OS. The van der Waals surface area contributed by atoms with Crippen LogP contribution in [-0.2, 0) is 6.42 Å². The van der Waals surface area contributed by atoms with Crippen molar-refractivity contribution in [1.29, 1.82) is 0 Å². The first-order valence-corrected chi connectivity index (χ1v) is 8.97. The number of thioether (sulfide) groups is 1. The van der Waals surface area contributed by atoms with Crippen molar-refractivity contribution < 1.29 is 4.74 Å². The van der Waals surface area contributed by atoms with Gasteiger partial charge in [-0.1, -0.05) is 12.1 Å². The SMILES string of the molecule is CN=C(NCCc1ccc(C)c(OC)c1)NCC1CCCS1.I. The predicted molar refractivity (Wildman–Crippen MR) is 112 cm³/mol. The average Bonchev–Trinajstić information content (AvgIpc) is 3.05. The fourth-order valence-corrected chi connectivity index (χ4v) is 3.78. The van der Waals surface area contributed by atoms with Crippen molar-refractivity contribution in [2.45, 2.75) is 31.4 Å². The second-order valence-electron chi connectivity index (χ2n) is 5.57. The van der Waals surface area contributed by atoms with Crippen molar-refractivity contribution in [1.82, 2.24) is 10.6 Å². The highest BCUT2D eigenvalue weighted by atomic mass is 127. The molecule has 0 saturated carbocycles. The zero-order chi connectivity index (χ0) is 15.8. The number of halogens is 1. The van der Waals surface area contributed by atoms with Crippen LogP contribution in [0.5, 0.6) is 5.75 Å². The van der Waals surface area contributed by atoms with E-state index < -0.39 is 0 Å². The zero-order valence-electron chi connectivity index (χ0n) is 14.2. The van der Waals surface area contributed by atoms with Gasteiger partial charge in [-0.05, 0) is 49.1 Å². The maximum Gasteiger partial charge on any atom is 0.191 e. The van der Waals surface area contributed by atoms with Crippen molar-refractivity contribution >= 4 is 41.7 Å². The Balaban J connectivity index is 0.00000264. The average molecular weight is 449 g/mol. The summed E-state index contributed by atoms with van der Waals surface area (Å²) in [6, 6.07) is 6.38. The van der Waals surface area contributed by atoms with E-state index in [0.717, 1.165) is 36.5 Å². The number of methoxy groups -OCH3 is 1. The van der Waals surface area contributed by atoms with Crippen LogP contribution in [-0.4, -0.2) is 44.2 Å². The second kappa shape index (κ2) is 11.0. The Kier molecular flexibility index (Phi) is 9.78. The molecular weight excluding hydrogens is 421 g/mol. The number of nitrogens with one attached hydrogen (secondary N) is 2. The van der Waals surface area contributed by atoms with Crippen LogP contribution in [0.4, 0.5) is 0 Å². The first-order chi connectivity index (χ1) is 10.7. The first kappa shape index (κ1) is 20.4. The molecule has 1 aromatic carbocycles. The molecule has 1 aliphatic heterocycles. The summed E-state index contributed by atoms with van der Waals surface area (Å²) < 4.78 is 5.37. The maximum atomic E-state index is 5.37. The van der Waals surface area contributed by atoms with Crippen LogP contribution in [0.2, 0.25) is 0 Å². The van der Waals surface area contributed by atoms with E-state index in [1.807, 2.05) is 7.05 Å². The van der Waals surface area contributed by atoms with Crippen LogP contribution in [0.3, 0.4) is 0 Å². The summed E-state index contributed by atoms with van der Waals surface area (Å²) in [6.45, 7) is 3.93. The Morgan fingerprint density at radius 3 is 2.87 bits per heavy atom. The standard InChI is InChI=1S/C17H27N3OS.HI/c1-13-6-7-14(11-16(13)21-3)8-9-19-17(18-2)20-12-15-5-4-10-22-15;/h6-7,11,15H,4-5,8-10,12H2,1-3H3,(H2,18,19,20);1H. The number of guanidine groups is 1. The molecule has 0 spiro atoms. The highest BCUT2D eigenvalue weighted by Crippen LogP contribution is 2.25. The lowest BCUT2D eigenvalue weighted by atomic mass is 10.1. The molecule has 0 aliphatic carbocycles. The molecule has 0 bridgehead atoms. The van der Waals surface area contributed by atoms with Gasteiger partial charge in [0.25, 0.3) is 0 Å². The van der Waals surface area contributed by atoms with E-state index in [4.69, 9.17) is 4.74 Å². The molecule has 0 aromatic heterocycles. The van der Waals surface area contributed by atoms with Gasteiger partial charge in [0, 0.05) is 25.4 Å². The Bertz CT molecular complexity index is 505. The zero-order valence-corrected chi connectivity index (χ0v) is 17.4. The monoisotopic (exact) mass is 449 g/mol. The molecule has 4 nitrogen and oxygen atoms in total. The van der Waals surface area contributed by atoms with Gasteiger partial charge >= 0.3 is 0 Å². The van der Waals surface area contributed by atoms with Gasteiger partial charge in [0.1, 0.15) is 5.75 Å². The summed E-state index contributed by atoms with van der Waals surface area (Å²) >= 11 is 2.06. The summed E-state index contributed by atoms with van der Waals surface area (Å²) in [5, 5.41) is 7.54. The van der Waals surface area contributed by atoms with E-state index in [9.17, 15) is 0 Å². The molecule has 23 heavy (non-hydrogen) atoms. The fraction of sp³-hybridized carbons (Fsp3) is 0.588. The molecule has 130 valence electrons. The van der Waals surface area contributed by atoms with Crippen LogP contribution in [0.1, 0.15) is 24.0 Å². The fourth-order valence-electron chi connectivity index (χ4n) is 2.58. The molecule has 1 aromatic rings. The van der Waals surface area contributed by atoms with Crippen molar-refractivity contribution in [3.8, 4) is 5.75 Å². The molecule has 2 N–H and O–H groups in total. The van der Waals surface area contributed by atoms with E-state index in [0.29, 0.717) is 0 Å². The number of benzene rings is 1. The lowest BCUT2D eigenvalue weighted by molar-refractivity contribution is 0.411. The Hall–Kier alpha value is -0.630. The molecule has 1 saturated heterocycles. The number of aryl methyl sites for hydroxylation is 1. The molecule has 2 rings (SSSR count). The summed E-state index contributed by atoms with van der Waals surface area (Å²) in [6.07, 6.45) is 3.62. The predicted octanol–water partition coefficient (Wildman–Crippen LogP) is 3.22. The van der Waals surface area contributed by atoms with Gasteiger partial charge < -0.3 is 15.4 Å². The third-order valence-corrected chi connectivity index (χ3v) is 5.32. The summed E-state index contributed by atoms with van der Waals surface area (Å²) in [4.78, 5) is 4.29. The number of rotatable bonds is 6. The first-order valence-electron chi connectivity index (χ1n) is 7.92. The van der Waals surface area contributed by atoms with E-state index in [2.05, 4.69) is 52.5 Å². The van der Waals surface area contributed by atoms with Gasteiger partial charge in [-0.25, -0.2) is 0 Å². The maximum absolute atomic E-state index is 5.37. The van der Waals surface area contributed by atoms with Crippen molar-refractivity contribution in [3.63, 3.8) is 0 Å². The molecule has 1 heterocycles. The Morgan fingerprint density at radius 1 is 1.39 bits per heavy atom. The lowest BCUT2D eigenvalue weighted by Gasteiger charge is -2.15. The minimum Gasteiger partial charge on any atom is -0.496 e.